The van der Waals surface area contributed by atoms with Gasteiger partial charge in [-0.15, -0.1) is 0 Å². The Bertz CT molecular complexity index is 723. The maximum Gasteiger partial charge on any atom is 0.230 e. The number of amides is 1. The number of nitrogens with zero attached hydrogens (tertiary/aromatic N) is 3. The van der Waals surface area contributed by atoms with Gasteiger partial charge in [0, 0.05) is 32.7 Å². The Hall–Kier alpha value is -2.21. The molecule has 1 N–H and O–H groups in total. The molecule has 1 aliphatic rings. The van der Waals surface area contributed by atoms with Crippen LogP contribution in [0.4, 0.5) is 4.39 Å². The minimum Gasteiger partial charge on any atom is -0.353 e. The Labute approximate surface area is 141 Å². The smallest absolute Gasteiger partial charge is 0.230 e. The van der Waals surface area contributed by atoms with Gasteiger partial charge in [0.25, 0.3) is 0 Å². The van der Waals surface area contributed by atoms with Crippen LogP contribution in [0, 0.1) is 5.82 Å². The molecular formula is C18H23FN4O. The Morgan fingerprint density at radius 2 is 2.08 bits per heavy atom. The van der Waals surface area contributed by atoms with Gasteiger partial charge in [0.15, 0.2) is 0 Å². The zero-order valence-corrected chi connectivity index (χ0v) is 14.3. The highest BCUT2D eigenvalue weighted by molar-refractivity contribution is 5.84. The number of carbonyl (C=O) groups is 1. The third-order valence-electron chi connectivity index (χ3n) is 4.27. The molecule has 0 saturated carbocycles. The number of imidazole rings is 1. The second-order valence-electron chi connectivity index (χ2n) is 6.70. The lowest BCUT2D eigenvalue weighted by Crippen LogP contribution is -2.43. The summed E-state index contributed by atoms with van der Waals surface area (Å²) in [5, 5.41) is 3.01. The number of nitrogens with one attached hydrogen (secondary N) is 1. The molecule has 6 heteroatoms. The molecule has 128 valence electrons. The number of fused-ring (bicyclic) bond motifs is 1. The van der Waals surface area contributed by atoms with Gasteiger partial charge in [-0.3, -0.25) is 9.69 Å². The fourth-order valence-corrected chi connectivity index (χ4v) is 3.24. The molecule has 1 aliphatic heterocycles. The summed E-state index contributed by atoms with van der Waals surface area (Å²) in [5.74, 6) is -0.457. The standard InChI is InChI=1S/C18H23FN4O/c1-12(2)21-18(24)15-9-23(8-13-4-6-14(19)7-5-13)10-16-17(15)22(3)11-20-16/h4-7,11-12,15H,8-10H2,1-3H3,(H,21,24)/t15-/m1/s1. The van der Waals surface area contributed by atoms with Gasteiger partial charge in [0.2, 0.25) is 5.91 Å². The van der Waals surface area contributed by atoms with Gasteiger partial charge < -0.3 is 9.88 Å². The molecule has 2 heterocycles. The first kappa shape index (κ1) is 16.6. The van der Waals surface area contributed by atoms with Crippen LogP contribution >= 0.6 is 0 Å². The van der Waals surface area contributed by atoms with Crippen molar-refractivity contribution in [2.45, 2.75) is 38.9 Å². The zero-order chi connectivity index (χ0) is 17.3. The first-order valence-electron chi connectivity index (χ1n) is 8.21. The highest BCUT2D eigenvalue weighted by atomic mass is 19.1. The second-order valence-corrected chi connectivity index (χ2v) is 6.70. The molecule has 3 rings (SSSR count). The van der Waals surface area contributed by atoms with Gasteiger partial charge in [-0.2, -0.15) is 0 Å². The number of aryl methyl sites for hydroxylation is 1. The summed E-state index contributed by atoms with van der Waals surface area (Å²) < 4.78 is 15.0. The number of carbonyl (C=O) groups excluding carboxylic acids is 1. The van der Waals surface area contributed by atoms with E-state index in [1.54, 1.807) is 18.5 Å². The fourth-order valence-electron chi connectivity index (χ4n) is 3.24. The van der Waals surface area contributed by atoms with E-state index in [0.29, 0.717) is 19.6 Å². The van der Waals surface area contributed by atoms with Crippen molar-refractivity contribution in [3.05, 3.63) is 53.4 Å². The largest absolute Gasteiger partial charge is 0.353 e. The van der Waals surface area contributed by atoms with E-state index < -0.39 is 0 Å². The molecule has 1 aromatic carbocycles. The number of hydrogen-bond donors (Lipinski definition) is 1. The maximum absolute atomic E-state index is 13.1. The molecule has 0 saturated heterocycles. The summed E-state index contributed by atoms with van der Waals surface area (Å²) >= 11 is 0. The van der Waals surface area contributed by atoms with Crippen LogP contribution in [0.1, 0.15) is 36.7 Å². The van der Waals surface area contributed by atoms with Gasteiger partial charge in [-0.05, 0) is 31.5 Å². The quantitative estimate of drug-likeness (QED) is 0.935. The molecule has 0 unspecified atom stereocenters. The van der Waals surface area contributed by atoms with Crippen LogP contribution < -0.4 is 5.32 Å². The van der Waals surface area contributed by atoms with Crippen LogP contribution in [0.2, 0.25) is 0 Å². The van der Waals surface area contributed by atoms with E-state index in [2.05, 4.69) is 15.2 Å². The van der Waals surface area contributed by atoms with Crippen LogP contribution in [0.3, 0.4) is 0 Å². The summed E-state index contributed by atoms with van der Waals surface area (Å²) in [6.07, 6.45) is 1.77. The predicted octanol–water partition coefficient (Wildman–Crippen LogP) is 2.18. The molecule has 0 bridgehead atoms. The van der Waals surface area contributed by atoms with Crippen LogP contribution in [0.15, 0.2) is 30.6 Å². The van der Waals surface area contributed by atoms with Crippen molar-refractivity contribution in [2.24, 2.45) is 7.05 Å². The van der Waals surface area contributed by atoms with E-state index in [4.69, 9.17) is 0 Å². The lowest BCUT2D eigenvalue weighted by Gasteiger charge is -2.32. The van der Waals surface area contributed by atoms with E-state index >= 15 is 0 Å². The van der Waals surface area contributed by atoms with Crippen molar-refractivity contribution in [3.63, 3.8) is 0 Å². The molecule has 1 amide bonds. The van der Waals surface area contributed by atoms with E-state index in [1.165, 1.54) is 12.1 Å². The Morgan fingerprint density at radius 1 is 1.38 bits per heavy atom. The van der Waals surface area contributed by atoms with Crippen molar-refractivity contribution in [3.8, 4) is 0 Å². The molecular weight excluding hydrogens is 307 g/mol. The minimum absolute atomic E-state index is 0.0265. The number of rotatable bonds is 4. The lowest BCUT2D eigenvalue weighted by molar-refractivity contribution is -0.124. The van der Waals surface area contributed by atoms with Crippen LogP contribution in [-0.4, -0.2) is 32.9 Å². The fraction of sp³-hybridized carbons (Fsp3) is 0.444. The molecule has 0 aliphatic carbocycles. The first-order chi connectivity index (χ1) is 11.4. The molecule has 1 atom stereocenters. The average molecular weight is 330 g/mol. The molecule has 2 aromatic rings. The first-order valence-corrected chi connectivity index (χ1v) is 8.21. The van der Waals surface area contributed by atoms with Crippen LogP contribution in [0.5, 0.6) is 0 Å². The molecule has 0 radical (unpaired) electrons. The second kappa shape index (κ2) is 6.73. The van der Waals surface area contributed by atoms with E-state index in [1.807, 2.05) is 25.5 Å². The topological polar surface area (TPSA) is 50.2 Å². The third-order valence-corrected chi connectivity index (χ3v) is 4.27. The summed E-state index contributed by atoms with van der Waals surface area (Å²) in [5.41, 5.74) is 2.96. The van der Waals surface area contributed by atoms with Gasteiger partial charge in [-0.25, -0.2) is 9.37 Å². The number of hydrogen-bond acceptors (Lipinski definition) is 3. The summed E-state index contributed by atoms with van der Waals surface area (Å²) in [6, 6.07) is 6.60. The highest BCUT2D eigenvalue weighted by Gasteiger charge is 2.33. The van der Waals surface area contributed by atoms with Crippen molar-refractivity contribution in [2.75, 3.05) is 6.54 Å². The van der Waals surface area contributed by atoms with Gasteiger partial charge >= 0.3 is 0 Å². The highest BCUT2D eigenvalue weighted by Crippen LogP contribution is 2.28. The van der Waals surface area contributed by atoms with Crippen molar-refractivity contribution in [1.82, 2.24) is 19.8 Å². The van der Waals surface area contributed by atoms with Crippen molar-refractivity contribution < 1.29 is 9.18 Å². The molecule has 5 nitrogen and oxygen atoms in total. The Morgan fingerprint density at radius 3 is 2.75 bits per heavy atom. The Kier molecular flexibility index (Phi) is 4.66. The molecule has 24 heavy (non-hydrogen) atoms. The monoisotopic (exact) mass is 330 g/mol. The normalized spacial score (nSPS) is 17.8. The number of halogens is 1. The van der Waals surface area contributed by atoms with Crippen LogP contribution in [0.25, 0.3) is 0 Å². The maximum atomic E-state index is 13.1. The summed E-state index contributed by atoms with van der Waals surface area (Å²) in [6.45, 7) is 5.91. The van der Waals surface area contributed by atoms with Crippen LogP contribution in [-0.2, 0) is 24.9 Å². The van der Waals surface area contributed by atoms with Crippen molar-refractivity contribution in [1.29, 1.82) is 0 Å². The van der Waals surface area contributed by atoms with Gasteiger partial charge in [-0.1, -0.05) is 12.1 Å². The lowest BCUT2D eigenvalue weighted by atomic mass is 9.96. The molecule has 0 fully saturated rings. The van der Waals surface area contributed by atoms with E-state index in [9.17, 15) is 9.18 Å². The Balaban J connectivity index is 1.82. The van der Waals surface area contributed by atoms with E-state index in [-0.39, 0.29) is 23.7 Å². The number of aromatic nitrogens is 2. The third kappa shape index (κ3) is 3.48. The summed E-state index contributed by atoms with van der Waals surface area (Å²) in [7, 11) is 1.93. The van der Waals surface area contributed by atoms with Gasteiger partial charge in [0.1, 0.15) is 5.82 Å². The molecule has 0 spiro atoms. The predicted molar refractivity (Wildman–Crippen MR) is 89.7 cm³/mol. The number of benzene rings is 1. The SMILES string of the molecule is CC(C)NC(=O)[C@@H]1CN(Cc2ccc(F)cc2)Cc2ncn(C)c21. The van der Waals surface area contributed by atoms with E-state index in [0.717, 1.165) is 17.0 Å². The average Bonchev–Trinajstić information content (AvgIpc) is 2.89. The summed E-state index contributed by atoms with van der Waals surface area (Å²) in [4.78, 5) is 19.3. The van der Waals surface area contributed by atoms with Crippen molar-refractivity contribution >= 4 is 5.91 Å². The zero-order valence-electron chi connectivity index (χ0n) is 14.3. The molecule has 1 aromatic heterocycles. The minimum atomic E-state index is -0.246. The van der Waals surface area contributed by atoms with Gasteiger partial charge in [0.05, 0.1) is 23.6 Å².